The van der Waals surface area contributed by atoms with Crippen molar-refractivity contribution in [3.63, 3.8) is 0 Å². The lowest BCUT2D eigenvalue weighted by molar-refractivity contribution is -0.140. The number of nitrogens with zero attached hydrogens (tertiary/aromatic N) is 2. The normalized spacial score (nSPS) is 12.4. The van der Waals surface area contributed by atoms with Gasteiger partial charge in [-0.25, -0.2) is 12.8 Å². The number of amides is 2. The first kappa shape index (κ1) is 35.1. The Bertz CT molecular complexity index is 1750. The molecule has 0 spiro atoms. The molecule has 7 nitrogen and oxygen atoms in total. The van der Waals surface area contributed by atoms with Gasteiger partial charge in [-0.15, -0.1) is 0 Å². The number of benzene rings is 4. The average molecular weight is 670 g/mol. The maximum atomic E-state index is 14.4. The van der Waals surface area contributed by atoms with Crippen LogP contribution in [-0.4, -0.2) is 44.3 Å². The first-order valence-electron chi connectivity index (χ1n) is 14.9. The van der Waals surface area contributed by atoms with Crippen LogP contribution in [0.25, 0.3) is 0 Å². The van der Waals surface area contributed by atoms with Gasteiger partial charge in [-0.05, 0) is 59.5 Å². The lowest BCUT2D eigenvalue weighted by Gasteiger charge is -2.34. The van der Waals surface area contributed by atoms with E-state index in [2.05, 4.69) is 5.32 Å². The van der Waals surface area contributed by atoms with Crippen LogP contribution in [0.3, 0.4) is 0 Å². The third-order valence-corrected chi connectivity index (χ3v) is 9.08. The molecule has 0 heterocycles. The molecule has 4 aromatic carbocycles. The molecule has 1 N–H and O–H groups in total. The molecule has 248 valence electrons. The predicted octanol–water partition coefficient (Wildman–Crippen LogP) is 6.45. The molecule has 12 heteroatoms. The van der Waals surface area contributed by atoms with Crippen LogP contribution in [0, 0.1) is 11.7 Å². The molecule has 4 aromatic rings. The van der Waals surface area contributed by atoms with Gasteiger partial charge in [-0.1, -0.05) is 80.6 Å². The first-order valence-corrected chi connectivity index (χ1v) is 16.3. The molecule has 4 rings (SSSR count). The molecular formula is C35H35F4N3O4S. The lowest BCUT2D eigenvalue weighted by Crippen LogP contribution is -2.53. The van der Waals surface area contributed by atoms with E-state index in [4.69, 9.17) is 0 Å². The van der Waals surface area contributed by atoms with E-state index in [1.165, 1.54) is 59.5 Å². The Labute approximate surface area is 271 Å². The van der Waals surface area contributed by atoms with Gasteiger partial charge in [-0.2, -0.15) is 13.2 Å². The number of hydrogen-bond donors (Lipinski definition) is 1. The number of nitrogens with one attached hydrogen (secondary N) is 1. The zero-order valence-electron chi connectivity index (χ0n) is 25.8. The van der Waals surface area contributed by atoms with Gasteiger partial charge < -0.3 is 10.2 Å². The highest BCUT2D eigenvalue weighted by molar-refractivity contribution is 7.92. The molecule has 0 saturated heterocycles. The second-order valence-electron chi connectivity index (χ2n) is 11.4. The summed E-state index contributed by atoms with van der Waals surface area (Å²) in [5, 5.41) is 2.85. The third kappa shape index (κ3) is 9.41. The molecule has 0 fully saturated rings. The van der Waals surface area contributed by atoms with Crippen molar-refractivity contribution in [1.29, 1.82) is 0 Å². The molecule has 0 radical (unpaired) electrons. The molecular weight excluding hydrogens is 634 g/mol. The van der Waals surface area contributed by atoms with E-state index in [1.54, 1.807) is 36.4 Å². The number of halogens is 4. The van der Waals surface area contributed by atoms with Gasteiger partial charge in [0.25, 0.3) is 10.0 Å². The van der Waals surface area contributed by atoms with E-state index >= 15 is 0 Å². The van der Waals surface area contributed by atoms with Crippen LogP contribution in [0.15, 0.2) is 114 Å². The molecule has 0 bridgehead atoms. The van der Waals surface area contributed by atoms with Crippen molar-refractivity contribution in [3.8, 4) is 0 Å². The number of sulfonamides is 1. The van der Waals surface area contributed by atoms with E-state index in [9.17, 15) is 35.6 Å². The van der Waals surface area contributed by atoms with Gasteiger partial charge in [0.1, 0.15) is 18.4 Å². The van der Waals surface area contributed by atoms with Crippen molar-refractivity contribution in [3.05, 3.63) is 132 Å². The fourth-order valence-electron chi connectivity index (χ4n) is 4.85. The van der Waals surface area contributed by atoms with E-state index in [-0.39, 0.29) is 29.5 Å². The van der Waals surface area contributed by atoms with E-state index in [0.717, 1.165) is 12.1 Å². The standard InChI is InChI=1S/C35H35F4N3O4S/c1-25(2)22-40-34(44)32(20-26-10-5-3-6-11-26)41(23-27-16-18-29(36)19-17-27)33(43)24-42(47(45,46)31-14-7-4-8-15-31)30-13-9-12-28(21-30)35(37,38)39/h3-19,21,25,32H,20,22-24H2,1-2H3,(H,40,44)/t32-/m0/s1. The van der Waals surface area contributed by atoms with Gasteiger partial charge in [0.15, 0.2) is 0 Å². The summed E-state index contributed by atoms with van der Waals surface area (Å²) in [5.41, 5.74) is -0.330. The van der Waals surface area contributed by atoms with Crippen LogP contribution in [0.5, 0.6) is 0 Å². The van der Waals surface area contributed by atoms with Crippen LogP contribution in [-0.2, 0) is 38.8 Å². The number of carbonyl (C=O) groups excluding carboxylic acids is 2. The van der Waals surface area contributed by atoms with Crippen molar-refractivity contribution in [1.82, 2.24) is 10.2 Å². The summed E-state index contributed by atoms with van der Waals surface area (Å²) >= 11 is 0. The van der Waals surface area contributed by atoms with Gasteiger partial charge >= 0.3 is 6.18 Å². The maximum absolute atomic E-state index is 14.4. The Balaban J connectivity index is 1.83. The quantitative estimate of drug-likeness (QED) is 0.166. The highest BCUT2D eigenvalue weighted by Crippen LogP contribution is 2.33. The van der Waals surface area contributed by atoms with Crippen LogP contribution in [0.1, 0.15) is 30.5 Å². The summed E-state index contributed by atoms with van der Waals surface area (Å²) in [7, 11) is -4.58. The minimum atomic E-state index is -4.79. The van der Waals surface area contributed by atoms with Gasteiger partial charge in [0.2, 0.25) is 11.8 Å². The van der Waals surface area contributed by atoms with Crippen molar-refractivity contribution in [2.24, 2.45) is 5.92 Å². The zero-order valence-corrected chi connectivity index (χ0v) is 26.6. The van der Waals surface area contributed by atoms with Crippen molar-refractivity contribution in [2.45, 2.75) is 43.9 Å². The summed E-state index contributed by atoms with van der Waals surface area (Å²) in [5.74, 6) is -1.81. The van der Waals surface area contributed by atoms with Gasteiger partial charge in [0.05, 0.1) is 16.1 Å². The van der Waals surface area contributed by atoms with Gasteiger partial charge in [-0.3, -0.25) is 13.9 Å². The number of rotatable bonds is 13. The summed E-state index contributed by atoms with van der Waals surface area (Å²) in [6.07, 6.45) is -4.74. The largest absolute Gasteiger partial charge is 0.416 e. The molecule has 0 unspecified atom stereocenters. The molecule has 0 aliphatic heterocycles. The van der Waals surface area contributed by atoms with E-state index < -0.39 is 52.0 Å². The molecule has 0 aromatic heterocycles. The van der Waals surface area contributed by atoms with Crippen molar-refractivity contribution < 1.29 is 35.6 Å². The minimum Gasteiger partial charge on any atom is -0.354 e. The Morgan fingerprint density at radius 2 is 1.43 bits per heavy atom. The molecule has 47 heavy (non-hydrogen) atoms. The summed E-state index contributed by atoms with van der Waals surface area (Å²) in [6.45, 7) is 2.95. The smallest absolute Gasteiger partial charge is 0.354 e. The predicted molar refractivity (Wildman–Crippen MR) is 171 cm³/mol. The Morgan fingerprint density at radius 3 is 2.02 bits per heavy atom. The summed E-state index contributed by atoms with van der Waals surface area (Å²) < 4.78 is 83.6. The van der Waals surface area contributed by atoms with Crippen LogP contribution < -0.4 is 9.62 Å². The first-order chi connectivity index (χ1) is 22.3. The number of anilines is 1. The lowest BCUT2D eigenvalue weighted by atomic mass is 10.0. The topological polar surface area (TPSA) is 86.8 Å². The van der Waals surface area contributed by atoms with E-state index in [0.29, 0.717) is 28.0 Å². The second kappa shape index (κ2) is 15.3. The Morgan fingerprint density at radius 1 is 0.809 bits per heavy atom. The minimum absolute atomic E-state index is 0.0483. The van der Waals surface area contributed by atoms with Gasteiger partial charge in [0, 0.05) is 19.5 Å². The highest BCUT2D eigenvalue weighted by Gasteiger charge is 2.36. The SMILES string of the molecule is CC(C)CNC(=O)[C@H](Cc1ccccc1)N(Cc1ccc(F)cc1)C(=O)CN(c1cccc(C(F)(F)F)c1)S(=O)(=O)c1ccccc1. The number of hydrogen-bond acceptors (Lipinski definition) is 4. The Hall–Kier alpha value is -4.71. The maximum Gasteiger partial charge on any atom is 0.416 e. The zero-order chi connectivity index (χ0) is 34.2. The van der Waals surface area contributed by atoms with Crippen LogP contribution in [0.2, 0.25) is 0 Å². The molecule has 0 aliphatic carbocycles. The van der Waals surface area contributed by atoms with Crippen LogP contribution >= 0.6 is 0 Å². The fraction of sp³-hybridized carbons (Fsp3) is 0.257. The molecule has 0 saturated carbocycles. The highest BCUT2D eigenvalue weighted by atomic mass is 32.2. The van der Waals surface area contributed by atoms with Crippen molar-refractivity contribution >= 4 is 27.5 Å². The number of carbonyl (C=O) groups is 2. The molecule has 0 aliphatic rings. The average Bonchev–Trinajstić information content (AvgIpc) is 3.05. The molecule has 2 amide bonds. The Kier molecular flexibility index (Phi) is 11.4. The van der Waals surface area contributed by atoms with E-state index in [1.807, 2.05) is 13.8 Å². The van der Waals surface area contributed by atoms with Crippen molar-refractivity contribution in [2.75, 3.05) is 17.4 Å². The summed E-state index contributed by atoms with van der Waals surface area (Å²) in [6, 6.07) is 23.7. The second-order valence-corrected chi connectivity index (χ2v) is 13.2. The third-order valence-electron chi connectivity index (χ3n) is 7.29. The fourth-order valence-corrected chi connectivity index (χ4v) is 6.28. The van der Waals surface area contributed by atoms with Crippen LogP contribution in [0.4, 0.5) is 23.2 Å². The number of alkyl halides is 3. The monoisotopic (exact) mass is 669 g/mol. The summed E-state index contributed by atoms with van der Waals surface area (Å²) in [4.78, 5) is 29.1. The molecule has 1 atom stereocenters.